The van der Waals surface area contributed by atoms with Gasteiger partial charge >= 0.3 is 0 Å². The fourth-order valence-electron chi connectivity index (χ4n) is 2.35. The van der Waals surface area contributed by atoms with Crippen molar-refractivity contribution in [2.45, 2.75) is 19.5 Å². The van der Waals surface area contributed by atoms with E-state index in [-0.39, 0.29) is 0 Å². The van der Waals surface area contributed by atoms with Gasteiger partial charge < -0.3 is 0 Å². The minimum atomic E-state index is 0.447. The third kappa shape index (κ3) is 2.52. The van der Waals surface area contributed by atoms with E-state index < -0.39 is 0 Å². The van der Waals surface area contributed by atoms with Gasteiger partial charge in [0, 0.05) is 19.6 Å². The van der Waals surface area contributed by atoms with Gasteiger partial charge in [0.05, 0.1) is 5.69 Å². The summed E-state index contributed by atoms with van der Waals surface area (Å²) >= 11 is 5.73. The van der Waals surface area contributed by atoms with Crippen LogP contribution in [0.3, 0.4) is 0 Å². The van der Waals surface area contributed by atoms with E-state index in [1.807, 2.05) is 6.07 Å². The molecule has 0 bridgehead atoms. The third-order valence-electron chi connectivity index (χ3n) is 3.28. The molecule has 0 atom stereocenters. The molecule has 0 fully saturated rings. The standard InChI is InChI=1S/C14H14ClN3/c15-14-6-5-13(16-17-14)10-18-8-7-11-3-1-2-4-12(11)9-18/h1-6H,7-10H2. The molecule has 0 saturated carbocycles. The van der Waals surface area contributed by atoms with Gasteiger partial charge in [-0.3, -0.25) is 4.90 Å². The fourth-order valence-corrected chi connectivity index (χ4v) is 2.45. The quantitative estimate of drug-likeness (QED) is 0.830. The Morgan fingerprint density at radius 1 is 1.06 bits per heavy atom. The summed E-state index contributed by atoms with van der Waals surface area (Å²) < 4.78 is 0. The minimum absolute atomic E-state index is 0.447. The van der Waals surface area contributed by atoms with Gasteiger partial charge in [-0.2, -0.15) is 5.10 Å². The molecule has 0 spiro atoms. The summed E-state index contributed by atoms with van der Waals surface area (Å²) in [6, 6.07) is 12.4. The maximum absolute atomic E-state index is 5.73. The normalized spacial score (nSPS) is 15.4. The van der Waals surface area contributed by atoms with Crippen molar-refractivity contribution >= 4 is 11.6 Å². The summed E-state index contributed by atoms with van der Waals surface area (Å²) in [5.41, 5.74) is 3.86. The molecule has 0 unspecified atom stereocenters. The van der Waals surface area contributed by atoms with E-state index in [4.69, 9.17) is 11.6 Å². The fraction of sp³-hybridized carbons (Fsp3) is 0.286. The lowest BCUT2D eigenvalue weighted by Crippen LogP contribution is -2.30. The lowest BCUT2D eigenvalue weighted by Gasteiger charge is -2.28. The second kappa shape index (κ2) is 5.04. The van der Waals surface area contributed by atoms with Crippen LogP contribution in [0.2, 0.25) is 5.15 Å². The molecule has 0 aliphatic carbocycles. The zero-order valence-electron chi connectivity index (χ0n) is 10.0. The van der Waals surface area contributed by atoms with Gasteiger partial charge in [-0.05, 0) is 29.7 Å². The lowest BCUT2D eigenvalue weighted by molar-refractivity contribution is 0.242. The number of nitrogens with zero attached hydrogens (tertiary/aromatic N) is 3. The average molecular weight is 260 g/mol. The molecule has 2 heterocycles. The maximum atomic E-state index is 5.73. The van der Waals surface area contributed by atoms with Crippen molar-refractivity contribution in [3.05, 3.63) is 58.4 Å². The van der Waals surface area contributed by atoms with E-state index in [1.165, 1.54) is 11.1 Å². The van der Waals surface area contributed by atoms with Crippen LogP contribution in [0.25, 0.3) is 0 Å². The first kappa shape index (κ1) is 11.6. The zero-order chi connectivity index (χ0) is 12.4. The van der Waals surface area contributed by atoms with Gasteiger partial charge in [-0.15, -0.1) is 5.10 Å². The highest BCUT2D eigenvalue weighted by molar-refractivity contribution is 6.29. The highest BCUT2D eigenvalue weighted by atomic mass is 35.5. The number of benzene rings is 1. The van der Waals surface area contributed by atoms with Crippen LogP contribution >= 0.6 is 11.6 Å². The highest BCUT2D eigenvalue weighted by Gasteiger charge is 2.16. The van der Waals surface area contributed by atoms with Gasteiger partial charge in [-0.25, -0.2) is 0 Å². The summed E-state index contributed by atoms with van der Waals surface area (Å²) in [6.45, 7) is 2.89. The molecular weight excluding hydrogens is 246 g/mol. The Balaban J connectivity index is 1.71. The van der Waals surface area contributed by atoms with Crippen LogP contribution in [0.5, 0.6) is 0 Å². The van der Waals surface area contributed by atoms with Gasteiger partial charge in [0.2, 0.25) is 0 Å². The Kier molecular flexibility index (Phi) is 3.26. The van der Waals surface area contributed by atoms with Crippen LogP contribution in [-0.4, -0.2) is 21.6 Å². The Labute approximate surface area is 111 Å². The van der Waals surface area contributed by atoms with Gasteiger partial charge in [0.15, 0.2) is 5.15 Å². The maximum Gasteiger partial charge on any atom is 0.151 e. The van der Waals surface area contributed by atoms with Crippen molar-refractivity contribution in [2.24, 2.45) is 0 Å². The molecule has 0 amide bonds. The van der Waals surface area contributed by atoms with E-state index >= 15 is 0 Å². The molecule has 2 aromatic rings. The molecule has 1 aliphatic heterocycles. The first-order chi connectivity index (χ1) is 8.81. The summed E-state index contributed by atoms with van der Waals surface area (Å²) in [4.78, 5) is 2.39. The molecule has 0 N–H and O–H groups in total. The predicted octanol–water partition coefficient (Wildman–Crippen LogP) is 2.69. The van der Waals surface area contributed by atoms with Crippen molar-refractivity contribution in [1.29, 1.82) is 0 Å². The van der Waals surface area contributed by atoms with E-state index in [1.54, 1.807) is 6.07 Å². The Bertz CT molecular complexity index is 539. The van der Waals surface area contributed by atoms with E-state index in [9.17, 15) is 0 Å². The van der Waals surface area contributed by atoms with E-state index in [0.29, 0.717) is 5.15 Å². The van der Waals surface area contributed by atoms with Gasteiger partial charge in [0.1, 0.15) is 0 Å². The third-order valence-corrected chi connectivity index (χ3v) is 3.48. The smallest absolute Gasteiger partial charge is 0.151 e. The Hall–Kier alpha value is -1.45. The average Bonchev–Trinajstić information content (AvgIpc) is 2.41. The number of aromatic nitrogens is 2. The Morgan fingerprint density at radius 3 is 2.67 bits per heavy atom. The van der Waals surface area contributed by atoms with Crippen molar-refractivity contribution in [1.82, 2.24) is 15.1 Å². The number of fused-ring (bicyclic) bond motifs is 1. The van der Waals surface area contributed by atoms with E-state index in [0.717, 1.165) is 31.7 Å². The first-order valence-corrected chi connectivity index (χ1v) is 6.46. The molecule has 0 radical (unpaired) electrons. The molecule has 0 saturated heterocycles. The molecule has 4 heteroatoms. The molecular formula is C14H14ClN3. The monoisotopic (exact) mass is 259 g/mol. The van der Waals surface area contributed by atoms with Crippen molar-refractivity contribution in [2.75, 3.05) is 6.54 Å². The Morgan fingerprint density at radius 2 is 1.89 bits per heavy atom. The van der Waals surface area contributed by atoms with Crippen LogP contribution in [0.4, 0.5) is 0 Å². The zero-order valence-corrected chi connectivity index (χ0v) is 10.8. The second-order valence-electron chi connectivity index (χ2n) is 4.58. The largest absolute Gasteiger partial charge is 0.293 e. The molecule has 3 rings (SSSR count). The summed E-state index contributed by atoms with van der Waals surface area (Å²) in [7, 11) is 0. The first-order valence-electron chi connectivity index (χ1n) is 6.08. The topological polar surface area (TPSA) is 29.0 Å². The van der Waals surface area contributed by atoms with Crippen LogP contribution < -0.4 is 0 Å². The van der Waals surface area contributed by atoms with Gasteiger partial charge in [0.25, 0.3) is 0 Å². The van der Waals surface area contributed by atoms with Crippen LogP contribution in [-0.2, 0) is 19.5 Å². The van der Waals surface area contributed by atoms with Crippen LogP contribution in [0.1, 0.15) is 16.8 Å². The number of rotatable bonds is 2. The predicted molar refractivity (Wildman–Crippen MR) is 71.3 cm³/mol. The summed E-state index contributed by atoms with van der Waals surface area (Å²) in [5, 5.41) is 8.43. The SMILES string of the molecule is Clc1ccc(CN2CCc3ccccc3C2)nn1. The number of hydrogen-bond donors (Lipinski definition) is 0. The number of hydrogen-bond acceptors (Lipinski definition) is 3. The summed E-state index contributed by atoms with van der Waals surface area (Å²) in [5.74, 6) is 0. The van der Waals surface area contributed by atoms with E-state index in [2.05, 4.69) is 39.4 Å². The lowest BCUT2D eigenvalue weighted by atomic mass is 10.00. The second-order valence-corrected chi connectivity index (χ2v) is 4.96. The molecule has 1 aromatic heterocycles. The molecule has 1 aromatic carbocycles. The van der Waals surface area contributed by atoms with Crippen LogP contribution in [0.15, 0.2) is 36.4 Å². The molecule has 3 nitrogen and oxygen atoms in total. The van der Waals surface area contributed by atoms with Gasteiger partial charge in [-0.1, -0.05) is 35.9 Å². The van der Waals surface area contributed by atoms with Crippen molar-refractivity contribution < 1.29 is 0 Å². The highest BCUT2D eigenvalue weighted by Crippen LogP contribution is 2.19. The molecule has 1 aliphatic rings. The minimum Gasteiger partial charge on any atom is -0.293 e. The summed E-state index contributed by atoms with van der Waals surface area (Å²) in [6.07, 6.45) is 1.11. The van der Waals surface area contributed by atoms with Crippen LogP contribution in [0, 0.1) is 0 Å². The number of halogens is 1. The molecule has 92 valence electrons. The molecule has 18 heavy (non-hydrogen) atoms. The van der Waals surface area contributed by atoms with Crippen molar-refractivity contribution in [3.63, 3.8) is 0 Å². The van der Waals surface area contributed by atoms with Crippen molar-refractivity contribution in [3.8, 4) is 0 Å².